The first-order chi connectivity index (χ1) is 12.7. The Labute approximate surface area is 153 Å². The van der Waals surface area contributed by atoms with E-state index in [0.29, 0.717) is 12.0 Å². The van der Waals surface area contributed by atoms with Crippen LogP contribution in [-0.2, 0) is 4.79 Å². The third kappa shape index (κ3) is 5.53. The number of ether oxygens (including phenoxy) is 1. The summed E-state index contributed by atoms with van der Waals surface area (Å²) in [7, 11) is 1.91. The number of carbonyl (C=O) groups excluding carboxylic acids is 1. The highest BCUT2D eigenvalue weighted by molar-refractivity contribution is 5.77. The van der Waals surface area contributed by atoms with Crippen molar-refractivity contribution in [3.8, 4) is 5.75 Å². The maximum Gasteiger partial charge on any atom is 0.149 e. The zero-order valence-electron chi connectivity index (χ0n) is 14.7. The normalized spacial score (nSPS) is 13.2. The molecule has 1 unspecified atom stereocenters. The summed E-state index contributed by atoms with van der Waals surface area (Å²) in [5.41, 5.74) is 2.42. The molecule has 0 aliphatic rings. The van der Waals surface area contributed by atoms with Crippen molar-refractivity contribution >= 4 is 6.29 Å². The number of rotatable bonds is 9. The van der Waals surface area contributed by atoms with Crippen molar-refractivity contribution in [1.29, 1.82) is 0 Å². The SMILES string of the molecule is C=C/C(F)=C\C(C=O)=C/COc1cccc(C(NC)c2ccccc2)c1. The number of benzene rings is 2. The van der Waals surface area contributed by atoms with Crippen molar-refractivity contribution in [3.63, 3.8) is 0 Å². The zero-order chi connectivity index (χ0) is 18.8. The van der Waals surface area contributed by atoms with E-state index in [1.807, 2.05) is 49.5 Å². The smallest absolute Gasteiger partial charge is 0.149 e. The van der Waals surface area contributed by atoms with E-state index in [1.54, 1.807) is 0 Å². The zero-order valence-corrected chi connectivity index (χ0v) is 14.7. The van der Waals surface area contributed by atoms with E-state index in [-0.39, 0.29) is 18.2 Å². The molecule has 2 aromatic carbocycles. The first-order valence-corrected chi connectivity index (χ1v) is 8.28. The van der Waals surface area contributed by atoms with Crippen LogP contribution in [0, 0.1) is 0 Å². The molecule has 0 amide bonds. The Morgan fingerprint density at radius 1 is 1.19 bits per heavy atom. The topological polar surface area (TPSA) is 38.3 Å². The highest BCUT2D eigenvalue weighted by atomic mass is 19.1. The minimum absolute atomic E-state index is 0.0467. The Bertz CT molecular complexity index is 797. The molecule has 2 aromatic rings. The van der Waals surface area contributed by atoms with Gasteiger partial charge in [0.2, 0.25) is 0 Å². The predicted octanol–water partition coefficient (Wildman–Crippen LogP) is 4.54. The van der Waals surface area contributed by atoms with Gasteiger partial charge in [0, 0.05) is 5.57 Å². The second-order valence-electron chi connectivity index (χ2n) is 5.57. The fraction of sp³-hybridized carbons (Fsp3) is 0.136. The van der Waals surface area contributed by atoms with Gasteiger partial charge in [-0.15, -0.1) is 0 Å². The molecule has 1 N–H and O–H groups in total. The molecule has 1 atom stereocenters. The van der Waals surface area contributed by atoms with Crippen LogP contribution in [-0.4, -0.2) is 19.9 Å². The highest BCUT2D eigenvalue weighted by Gasteiger charge is 2.12. The molecule has 0 radical (unpaired) electrons. The summed E-state index contributed by atoms with van der Waals surface area (Å²) in [5, 5.41) is 3.30. The molecule has 0 spiro atoms. The van der Waals surface area contributed by atoms with Crippen LogP contribution in [0.3, 0.4) is 0 Å². The summed E-state index contributed by atoms with van der Waals surface area (Å²) in [6, 6.07) is 17.9. The van der Waals surface area contributed by atoms with Crippen LogP contribution >= 0.6 is 0 Å². The van der Waals surface area contributed by atoms with Gasteiger partial charge in [-0.1, -0.05) is 49.0 Å². The molecule has 3 nitrogen and oxygen atoms in total. The maximum atomic E-state index is 13.2. The van der Waals surface area contributed by atoms with E-state index in [1.165, 1.54) is 6.08 Å². The van der Waals surface area contributed by atoms with Crippen molar-refractivity contribution in [1.82, 2.24) is 5.32 Å². The molecule has 0 fully saturated rings. The van der Waals surface area contributed by atoms with Crippen LogP contribution in [0.5, 0.6) is 5.75 Å². The summed E-state index contributed by atoms with van der Waals surface area (Å²) in [6.07, 6.45) is 4.26. The minimum atomic E-state index is -0.565. The van der Waals surface area contributed by atoms with Crippen LogP contribution in [0.4, 0.5) is 4.39 Å². The summed E-state index contributed by atoms with van der Waals surface area (Å²) < 4.78 is 18.8. The standard InChI is InChI=1S/C22H22FNO2/c1-3-20(23)14-17(16-25)12-13-26-21-11-7-10-19(15-21)22(24-2)18-8-5-4-6-9-18/h3-12,14-16,22,24H,1,13H2,2H3/b17-12+,20-14+. The summed E-state index contributed by atoms with van der Waals surface area (Å²) in [4.78, 5) is 11.0. The van der Waals surface area contributed by atoms with Crippen molar-refractivity contribution < 1.29 is 13.9 Å². The van der Waals surface area contributed by atoms with Gasteiger partial charge in [0.15, 0.2) is 0 Å². The van der Waals surface area contributed by atoms with E-state index in [4.69, 9.17) is 4.74 Å². The lowest BCUT2D eigenvalue weighted by Crippen LogP contribution is -2.17. The number of hydrogen-bond donors (Lipinski definition) is 1. The fourth-order valence-corrected chi connectivity index (χ4v) is 2.55. The van der Waals surface area contributed by atoms with Crippen LogP contribution in [0.15, 0.2) is 90.8 Å². The minimum Gasteiger partial charge on any atom is -0.489 e. The van der Waals surface area contributed by atoms with Crippen molar-refractivity contribution in [2.45, 2.75) is 6.04 Å². The fourth-order valence-electron chi connectivity index (χ4n) is 2.55. The molecule has 0 aromatic heterocycles. The monoisotopic (exact) mass is 351 g/mol. The molecule has 0 aliphatic carbocycles. The number of hydrogen-bond acceptors (Lipinski definition) is 3. The molecule has 0 heterocycles. The highest BCUT2D eigenvalue weighted by Crippen LogP contribution is 2.25. The second kappa shape index (κ2) is 10.1. The molecule has 0 aliphatic heterocycles. The van der Waals surface area contributed by atoms with Gasteiger partial charge in [-0.3, -0.25) is 4.79 Å². The van der Waals surface area contributed by atoms with E-state index in [2.05, 4.69) is 24.0 Å². The first-order valence-electron chi connectivity index (χ1n) is 8.28. The number of nitrogens with one attached hydrogen (secondary N) is 1. The lowest BCUT2D eigenvalue weighted by Gasteiger charge is -2.18. The molecule has 4 heteroatoms. The summed E-state index contributed by atoms with van der Waals surface area (Å²) >= 11 is 0. The Morgan fingerprint density at radius 2 is 1.92 bits per heavy atom. The number of allylic oxidation sites excluding steroid dienone is 4. The number of aldehydes is 1. The van der Waals surface area contributed by atoms with E-state index < -0.39 is 5.83 Å². The summed E-state index contributed by atoms with van der Waals surface area (Å²) in [5.74, 6) is 0.110. The second-order valence-corrected chi connectivity index (χ2v) is 5.57. The molecule has 2 rings (SSSR count). The Hall–Kier alpha value is -2.98. The quantitative estimate of drug-likeness (QED) is 0.409. The van der Waals surface area contributed by atoms with Gasteiger partial charge in [-0.2, -0.15) is 0 Å². The predicted molar refractivity (Wildman–Crippen MR) is 103 cm³/mol. The summed E-state index contributed by atoms with van der Waals surface area (Å²) in [6.45, 7) is 3.47. The molecule has 0 saturated carbocycles. The number of halogens is 1. The average Bonchev–Trinajstić information content (AvgIpc) is 2.69. The molecule has 134 valence electrons. The Kier molecular flexibility index (Phi) is 7.52. The van der Waals surface area contributed by atoms with Gasteiger partial charge in [0.25, 0.3) is 0 Å². The van der Waals surface area contributed by atoms with Crippen LogP contribution in [0.25, 0.3) is 0 Å². The largest absolute Gasteiger partial charge is 0.489 e. The van der Waals surface area contributed by atoms with Gasteiger partial charge in [-0.25, -0.2) is 4.39 Å². The average molecular weight is 351 g/mol. The van der Waals surface area contributed by atoms with Gasteiger partial charge >= 0.3 is 0 Å². The van der Waals surface area contributed by atoms with Crippen LogP contribution in [0.1, 0.15) is 17.2 Å². The Balaban J connectivity index is 2.11. The van der Waals surface area contributed by atoms with Gasteiger partial charge < -0.3 is 10.1 Å². The molecular weight excluding hydrogens is 329 g/mol. The van der Waals surface area contributed by atoms with Crippen molar-refractivity contribution in [2.24, 2.45) is 0 Å². The third-order valence-corrected chi connectivity index (χ3v) is 3.82. The third-order valence-electron chi connectivity index (χ3n) is 3.82. The van der Waals surface area contributed by atoms with E-state index in [9.17, 15) is 9.18 Å². The van der Waals surface area contributed by atoms with Crippen LogP contribution in [0.2, 0.25) is 0 Å². The molecule has 26 heavy (non-hydrogen) atoms. The molecule has 0 saturated heterocycles. The first kappa shape index (κ1) is 19.3. The van der Waals surface area contributed by atoms with E-state index in [0.717, 1.165) is 23.3 Å². The molecule has 0 bridgehead atoms. The lowest BCUT2D eigenvalue weighted by molar-refractivity contribution is -0.104. The van der Waals surface area contributed by atoms with Crippen molar-refractivity contribution in [2.75, 3.05) is 13.7 Å². The van der Waals surface area contributed by atoms with Gasteiger partial charge in [-0.05, 0) is 48.5 Å². The van der Waals surface area contributed by atoms with Gasteiger partial charge in [0.05, 0.1) is 6.04 Å². The van der Waals surface area contributed by atoms with Crippen molar-refractivity contribution in [3.05, 3.63) is 102 Å². The number of carbonyl (C=O) groups is 1. The molecular formula is C22H22FNO2. The maximum absolute atomic E-state index is 13.2. The van der Waals surface area contributed by atoms with Crippen LogP contribution < -0.4 is 10.1 Å². The lowest BCUT2D eigenvalue weighted by atomic mass is 9.99. The van der Waals surface area contributed by atoms with E-state index >= 15 is 0 Å². The Morgan fingerprint density at radius 3 is 2.58 bits per heavy atom. The van der Waals surface area contributed by atoms with Gasteiger partial charge in [0.1, 0.15) is 24.5 Å².